The zero-order valence-corrected chi connectivity index (χ0v) is 12.9. The third kappa shape index (κ3) is 2.71. The highest BCUT2D eigenvalue weighted by atomic mass is 14.9. The number of anilines is 1. The fourth-order valence-corrected chi connectivity index (χ4v) is 4.08. The number of para-hydroxylation sites is 1. The molecule has 2 aliphatic rings. The number of hydrogen-bond acceptors (Lipinski definition) is 2. The predicted molar refractivity (Wildman–Crippen MR) is 86.1 cm³/mol. The summed E-state index contributed by atoms with van der Waals surface area (Å²) in [6.07, 6.45) is 6.58. The summed E-state index contributed by atoms with van der Waals surface area (Å²) in [6, 6.07) is 7.48. The Bertz CT molecular complexity index is 455. The zero-order chi connectivity index (χ0) is 13.9. The van der Waals surface area contributed by atoms with Crippen LogP contribution in [0, 0.1) is 11.8 Å². The Kier molecular flexibility index (Phi) is 4.30. The first-order valence-corrected chi connectivity index (χ1v) is 8.37. The molecule has 0 spiro atoms. The Morgan fingerprint density at radius 1 is 1.30 bits per heavy atom. The smallest absolute Gasteiger partial charge is 0.0418 e. The molecule has 0 radical (unpaired) electrons. The summed E-state index contributed by atoms with van der Waals surface area (Å²) in [6.45, 7) is 6.90. The van der Waals surface area contributed by atoms with Crippen LogP contribution in [0.3, 0.4) is 0 Å². The molecule has 1 aliphatic carbocycles. The van der Waals surface area contributed by atoms with Gasteiger partial charge in [0.2, 0.25) is 0 Å². The molecule has 2 nitrogen and oxygen atoms in total. The average Bonchev–Trinajstić information content (AvgIpc) is 2.85. The van der Waals surface area contributed by atoms with E-state index in [-0.39, 0.29) is 0 Å². The van der Waals surface area contributed by atoms with Gasteiger partial charge in [-0.3, -0.25) is 0 Å². The Labute approximate surface area is 123 Å². The van der Waals surface area contributed by atoms with Crippen molar-refractivity contribution < 1.29 is 0 Å². The second-order valence-electron chi connectivity index (χ2n) is 6.57. The van der Waals surface area contributed by atoms with E-state index in [1.54, 1.807) is 0 Å². The van der Waals surface area contributed by atoms with Gasteiger partial charge >= 0.3 is 0 Å². The van der Waals surface area contributed by atoms with Crippen LogP contribution in [0.25, 0.3) is 0 Å². The average molecular weight is 272 g/mol. The van der Waals surface area contributed by atoms with Gasteiger partial charge in [0.1, 0.15) is 0 Å². The first kappa shape index (κ1) is 13.9. The molecule has 1 aliphatic heterocycles. The van der Waals surface area contributed by atoms with Gasteiger partial charge in [0.05, 0.1) is 0 Å². The van der Waals surface area contributed by atoms with Crippen LogP contribution >= 0.6 is 0 Å². The van der Waals surface area contributed by atoms with Crippen LogP contribution in [0.15, 0.2) is 18.2 Å². The summed E-state index contributed by atoms with van der Waals surface area (Å²) in [7, 11) is 0. The van der Waals surface area contributed by atoms with E-state index >= 15 is 0 Å². The largest absolute Gasteiger partial charge is 0.385 e. The van der Waals surface area contributed by atoms with Crippen LogP contribution in [-0.2, 0) is 13.0 Å². The molecule has 0 saturated heterocycles. The Morgan fingerprint density at radius 2 is 2.20 bits per heavy atom. The van der Waals surface area contributed by atoms with E-state index in [0.717, 1.165) is 24.9 Å². The molecule has 0 aromatic heterocycles. The highest BCUT2D eigenvalue weighted by Crippen LogP contribution is 2.34. The molecule has 2 heteroatoms. The van der Waals surface area contributed by atoms with Crippen molar-refractivity contribution in [2.24, 2.45) is 11.8 Å². The second kappa shape index (κ2) is 6.17. The molecule has 0 bridgehead atoms. The fourth-order valence-electron chi connectivity index (χ4n) is 4.08. The van der Waals surface area contributed by atoms with Crippen molar-refractivity contribution >= 4 is 5.69 Å². The Hall–Kier alpha value is -1.02. The highest BCUT2D eigenvalue weighted by molar-refractivity contribution is 5.59. The molecular formula is C18H28N2. The monoisotopic (exact) mass is 272 g/mol. The van der Waals surface area contributed by atoms with Crippen molar-refractivity contribution in [2.45, 2.75) is 58.5 Å². The van der Waals surface area contributed by atoms with Gasteiger partial charge < -0.3 is 10.6 Å². The molecule has 20 heavy (non-hydrogen) atoms. The van der Waals surface area contributed by atoms with Crippen molar-refractivity contribution in [2.75, 3.05) is 11.9 Å². The Balaban J connectivity index is 1.64. The molecule has 1 aromatic carbocycles. The molecular weight excluding hydrogens is 244 g/mol. The van der Waals surface area contributed by atoms with Gasteiger partial charge in [-0.1, -0.05) is 38.5 Å². The van der Waals surface area contributed by atoms with Gasteiger partial charge in [-0.25, -0.2) is 0 Å². The molecule has 1 fully saturated rings. The fraction of sp³-hybridized carbons (Fsp3) is 0.667. The summed E-state index contributed by atoms with van der Waals surface area (Å²) in [5.74, 6) is 1.75. The van der Waals surface area contributed by atoms with Crippen LogP contribution < -0.4 is 10.6 Å². The van der Waals surface area contributed by atoms with Crippen molar-refractivity contribution in [1.82, 2.24) is 5.32 Å². The van der Waals surface area contributed by atoms with E-state index in [9.17, 15) is 0 Å². The molecule has 3 atom stereocenters. The molecule has 0 amide bonds. The van der Waals surface area contributed by atoms with Crippen molar-refractivity contribution in [3.63, 3.8) is 0 Å². The van der Waals surface area contributed by atoms with Gasteiger partial charge in [-0.2, -0.15) is 0 Å². The second-order valence-corrected chi connectivity index (χ2v) is 6.57. The quantitative estimate of drug-likeness (QED) is 0.867. The lowest BCUT2D eigenvalue weighted by atomic mass is 9.93. The van der Waals surface area contributed by atoms with Crippen LogP contribution in [0.2, 0.25) is 0 Å². The number of rotatable bonds is 4. The number of aryl methyl sites for hydroxylation is 1. The minimum atomic E-state index is 0.708. The maximum atomic E-state index is 3.82. The molecule has 3 unspecified atom stereocenters. The van der Waals surface area contributed by atoms with E-state index in [2.05, 4.69) is 42.7 Å². The van der Waals surface area contributed by atoms with Crippen LogP contribution in [0.5, 0.6) is 0 Å². The van der Waals surface area contributed by atoms with Crippen molar-refractivity contribution in [1.29, 1.82) is 0 Å². The molecule has 3 rings (SSSR count). The number of benzene rings is 1. The van der Waals surface area contributed by atoms with Crippen LogP contribution in [0.4, 0.5) is 5.69 Å². The third-order valence-corrected chi connectivity index (χ3v) is 5.47. The molecule has 1 saturated carbocycles. The van der Waals surface area contributed by atoms with E-state index in [0.29, 0.717) is 6.04 Å². The lowest BCUT2D eigenvalue weighted by Crippen LogP contribution is -2.32. The lowest BCUT2D eigenvalue weighted by molar-refractivity contribution is 0.344. The van der Waals surface area contributed by atoms with E-state index in [1.807, 2.05) is 0 Å². The first-order valence-electron chi connectivity index (χ1n) is 8.37. The molecule has 1 heterocycles. The van der Waals surface area contributed by atoms with E-state index in [1.165, 1.54) is 48.9 Å². The molecule has 1 aromatic rings. The van der Waals surface area contributed by atoms with Gasteiger partial charge in [-0.05, 0) is 48.6 Å². The summed E-state index contributed by atoms with van der Waals surface area (Å²) < 4.78 is 0. The normalized spacial score (nSPS) is 29.0. The molecule has 2 N–H and O–H groups in total. The summed E-state index contributed by atoms with van der Waals surface area (Å²) in [4.78, 5) is 0. The third-order valence-electron chi connectivity index (χ3n) is 5.47. The predicted octanol–water partition coefficient (Wildman–Crippen LogP) is 3.96. The summed E-state index contributed by atoms with van der Waals surface area (Å²) in [5.41, 5.74) is 4.36. The maximum absolute atomic E-state index is 3.82. The van der Waals surface area contributed by atoms with Crippen molar-refractivity contribution in [3.8, 4) is 0 Å². The zero-order valence-electron chi connectivity index (χ0n) is 12.9. The van der Waals surface area contributed by atoms with E-state index in [4.69, 9.17) is 0 Å². The van der Waals surface area contributed by atoms with Gasteiger partial charge in [-0.15, -0.1) is 0 Å². The lowest BCUT2D eigenvalue weighted by Gasteiger charge is -2.24. The molecule has 110 valence electrons. The standard InChI is InChI=1S/C18H28N2/c1-3-14-9-10-17(13(14)2)20-12-16-7-4-6-15-8-5-11-19-18(15)16/h4,6-7,13-14,17,19-20H,3,5,8-12H2,1-2H3. The van der Waals surface area contributed by atoms with Gasteiger partial charge in [0.25, 0.3) is 0 Å². The number of hydrogen-bond donors (Lipinski definition) is 2. The summed E-state index contributed by atoms with van der Waals surface area (Å²) >= 11 is 0. The van der Waals surface area contributed by atoms with E-state index < -0.39 is 0 Å². The minimum Gasteiger partial charge on any atom is -0.385 e. The highest BCUT2D eigenvalue weighted by Gasteiger charge is 2.31. The Morgan fingerprint density at radius 3 is 3.00 bits per heavy atom. The topological polar surface area (TPSA) is 24.1 Å². The number of nitrogens with one attached hydrogen (secondary N) is 2. The maximum Gasteiger partial charge on any atom is 0.0418 e. The van der Waals surface area contributed by atoms with Crippen LogP contribution in [0.1, 0.15) is 50.7 Å². The number of fused-ring (bicyclic) bond motifs is 1. The van der Waals surface area contributed by atoms with Crippen LogP contribution in [-0.4, -0.2) is 12.6 Å². The van der Waals surface area contributed by atoms with Crippen molar-refractivity contribution in [3.05, 3.63) is 29.3 Å². The van der Waals surface area contributed by atoms with Gasteiger partial charge in [0.15, 0.2) is 0 Å². The first-order chi connectivity index (χ1) is 9.79. The SMILES string of the molecule is CCC1CCC(NCc2cccc3c2NCCC3)C1C. The summed E-state index contributed by atoms with van der Waals surface area (Å²) in [5, 5.41) is 7.42. The minimum absolute atomic E-state index is 0.708. The van der Waals surface area contributed by atoms with Gasteiger partial charge in [0, 0.05) is 24.8 Å².